The molecule has 0 spiro atoms. The molecule has 0 unspecified atom stereocenters. The van der Waals surface area contributed by atoms with Gasteiger partial charge in [-0.05, 0) is 72.8 Å². The first kappa shape index (κ1) is 44.3. The van der Waals surface area contributed by atoms with Crippen molar-refractivity contribution >= 4 is 35.7 Å². The fourth-order valence-corrected chi connectivity index (χ4v) is 6.35. The summed E-state index contributed by atoms with van der Waals surface area (Å²) in [5.74, 6) is -1.09. The summed E-state index contributed by atoms with van der Waals surface area (Å²) in [6.45, 7) is 0. The smallest absolute Gasteiger partial charge is 0.337 e. The zero-order valence-corrected chi connectivity index (χ0v) is 35.0. The molecular formula is C48H38CrN6O8. The molecule has 0 fully saturated rings. The van der Waals surface area contributed by atoms with Crippen LogP contribution in [0.15, 0.2) is 168 Å². The average molecular weight is 879 g/mol. The average Bonchev–Trinajstić information content (AvgIpc) is 3.83. The van der Waals surface area contributed by atoms with Gasteiger partial charge in [0.25, 0.3) is 0 Å². The summed E-state index contributed by atoms with van der Waals surface area (Å²) in [5.41, 5.74) is 5.16. The Morgan fingerprint density at radius 3 is 1.25 bits per heavy atom. The van der Waals surface area contributed by atoms with Gasteiger partial charge in [0.1, 0.15) is 22.9 Å². The third-order valence-corrected chi connectivity index (χ3v) is 9.42. The maximum atomic E-state index is 11.5. The van der Waals surface area contributed by atoms with E-state index in [0.717, 1.165) is 11.1 Å². The molecule has 0 amide bonds. The summed E-state index contributed by atoms with van der Waals surface area (Å²) in [6.07, 6.45) is 2.86. The molecule has 0 aliphatic heterocycles. The number of carbonyl (C=O) groups is 2. The number of nitrogens with zero attached hydrogens (tertiary/aromatic N) is 6. The second-order valence-corrected chi connectivity index (χ2v) is 13.3. The molecule has 0 saturated heterocycles. The van der Waals surface area contributed by atoms with Gasteiger partial charge in [0.15, 0.2) is 0 Å². The molecule has 0 radical (unpaired) electrons. The topological polar surface area (TPSA) is 194 Å². The summed E-state index contributed by atoms with van der Waals surface area (Å²) < 4.78 is 13.5. The molecule has 0 bridgehead atoms. The predicted octanol–water partition coefficient (Wildman–Crippen LogP) is 9.40. The summed E-state index contributed by atoms with van der Waals surface area (Å²) in [4.78, 5) is 31.7. The maximum Gasteiger partial charge on any atom is 0.337 e. The van der Waals surface area contributed by atoms with Crippen LogP contribution in [-0.4, -0.2) is 78.6 Å². The van der Waals surface area contributed by atoms with Crippen molar-refractivity contribution in [2.45, 2.75) is 0 Å². The van der Waals surface area contributed by atoms with Gasteiger partial charge in [-0.1, -0.05) is 84.9 Å². The van der Waals surface area contributed by atoms with E-state index in [2.05, 4.69) is 20.2 Å². The van der Waals surface area contributed by atoms with Gasteiger partial charge in [-0.2, -0.15) is 10.2 Å². The van der Waals surface area contributed by atoms with Crippen LogP contribution in [0.5, 0.6) is 23.3 Å². The molecule has 314 valence electrons. The van der Waals surface area contributed by atoms with E-state index in [1.165, 1.54) is 33.9 Å². The number of para-hydroxylation sites is 4. The molecule has 2 aromatic heterocycles. The number of benzene rings is 6. The number of ether oxygens (including phenoxy) is 2. The fourth-order valence-electron chi connectivity index (χ4n) is 6.35. The number of methoxy groups -OCH3 is 2. The zero-order valence-electron chi connectivity index (χ0n) is 33.7. The van der Waals surface area contributed by atoms with Crippen molar-refractivity contribution < 1.29 is 56.8 Å². The van der Waals surface area contributed by atoms with Crippen molar-refractivity contribution in [3.8, 4) is 57.1 Å². The standard InChI is InChI=1S/2C24H19N3O4.Cr/c2*1-31-18-11-7-8-16(14-18)22-20(15-25-21-13-6-5-12-19(21)24(29)30)23(28)27(26-22)17-9-3-2-4-10-17;/h2*2-15,28H,1H3,(H,29,30);. The van der Waals surface area contributed by atoms with Gasteiger partial charge in [0.05, 0.1) is 59.2 Å². The minimum absolute atomic E-state index is 0. The molecule has 14 nitrogen and oxygen atoms in total. The van der Waals surface area contributed by atoms with Gasteiger partial charge < -0.3 is 29.9 Å². The van der Waals surface area contributed by atoms with Crippen molar-refractivity contribution in [2.24, 2.45) is 9.98 Å². The third-order valence-electron chi connectivity index (χ3n) is 9.42. The summed E-state index contributed by atoms with van der Waals surface area (Å²) in [6, 6.07) is 45.8. The molecule has 4 N–H and O–H groups in total. The van der Waals surface area contributed by atoms with Crippen LogP contribution in [0.3, 0.4) is 0 Å². The second kappa shape index (κ2) is 20.3. The Hall–Kier alpha value is -8.25. The van der Waals surface area contributed by atoms with E-state index in [9.17, 15) is 30.0 Å². The zero-order chi connectivity index (χ0) is 43.6. The van der Waals surface area contributed by atoms with Crippen LogP contribution in [0.2, 0.25) is 0 Å². The Balaban J connectivity index is 0.000000206. The largest absolute Gasteiger partial charge is 0.497 e. The van der Waals surface area contributed by atoms with Crippen LogP contribution < -0.4 is 9.47 Å². The number of carboxylic acids is 2. The van der Waals surface area contributed by atoms with E-state index in [4.69, 9.17) is 9.47 Å². The summed E-state index contributed by atoms with van der Waals surface area (Å²) in [5, 5.41) is 49.9. The van der Waals surface area contributed by atoms with Crippen molar-refractivity contribution in [2.75, 3.05) is 14.2 Å². The number of aromatic nitrogens is 4. The molecule has 63 heavy (non-hydrogen) atoms. The van der Waals surface area contributed by atoms with Crippen molar-refractivity contribution in [1.29, 1.82) is 0 Å². The van der Waals surface area contributed by atoms with E-state index in [-0.39, 0.29) is 51.6 Å². The first-order valence-electron chi connectivity index (χ1n) is 18.9. The van der Waals surface area contributed by atoms with E-state index < -0.39 is 11.9 Å². The second-order valence-electron chi connectivity index (χ2n) is 13.3. The van der Waals surface area contributed by atoms with E-state index in [1.54, 1.807) is 62.8 Å². The van der Waals surface area contributed by atoms with Crippen LogP contribution in [0, 0.1) is 0 Å². The third kappa shape index (κ3) is 10.0. The van der Waals surface area contributed by atoms with Crippen molar-refractivity contribution in [3.63, 3.8) is 0 Å². The molecule has 8 aromatic rings. The molecule has 0 aliphatic rings. The number of aromatic carboxylic acids is 2. The van der Waals surface area contributed by atoms with E-state index in [1.807, 2.05) is 97.1 Å². The van der Waals surface area contributed by atoms with Gasteiger partial charge in [-0.15, -0.1) is 0 Å². The molecule has 0 atom stereocenters. The van der Waals surface area contributed by atoms with Crippen LogP contribution in [0.1, 0.15) is 31.8 Å². The molecule has 8 rings (SSSR count). The Morgan fingerprint density at radius 1 is 0.524 bits per heavy atom. The minimum Gasteiger partial charge on any atom is -0.497 e. The van der Waals surface area contributed by atoms with Gasteiger partial charge in [-0.25, -0.2) is 19.0 Å². The molecular weight excluding hydrogens is 841 g/mol. The number of hydrogen-bond acceptors (Lipinski definition) is 10. The number of hydrogen-bond donors (Lipinski definition) is 4. The van der Waals surface area contributed by atoms with E-state index >= 15 is 0 Å². The van der Waals surface area contributed by atoms with Crippen LogP contribution in [0.4, 0.5) is 11.4 Å². The van der Waals surface area contributed by atoms with Crippen LogP contribution >= 0.6 is 0 Å². The van der Waals surface area contributed by atoms with E-state index in [0.29, 0.717) is 45.4 Å². The van der Waals surface area contributed by atoms with Gasteiger partial charge >= 0.3 is 11.9 Å². The van der Waals surface area contributed by atoms with Crippen LogP contribution in [0.25, 0.3) is 33.9 Å². The maximum absolute atomic E-state index is 11.5. The van der Waals surface area contributed by atoms with Crippen molar-refractivity contribution in [1.82, 2.24) is 19.6 Å². The SMILES string of the molecule is COc1cccc(-c2nn(-c3ccccc3)c(O)c2C=Nc2ccccc2C(=O)O)c1.COc1cccc(-c2nn(-c3ccccc3)c(O)c2C=Nc2ccccc2C(=O)O)c1.[Cr]. The monoisotopic (exact) mass is 878 g/mol. The van der Waals surface area contributed by atoms with Gasteiger partial charge in [0, 0.05) is 40.9 Å². The first-order chi connectivity index (χ1) is 30.2. The van der Waals surface area contributed by atoms with Crippen molar-refractivity contribution in [3.05, 3.63) is 180 Å². The molecule has 0 aliphatic carbocycles. The molecule has 0 saturated carbocycles. The Labute approximate surface area is 372 Å². The first-order valence-corrected chi connectivity index (χ1v) is 18.9. The Bertz CT molecular complexity index is 2730. The van der Waals surface area contributed by atoms with Gasteiger partial charge in [0.2, 0.25) is 11.8 Å². The predicted molar refractivity (Wildman–Crippen MR) is 236 cm³/mol. The molecule has 6 aromatic carbocycles. The Morgan fingerprint density at radius 2 is 0.889 bits per heavy atom. The number of rotatable bonds is 12. The quantitative estimate of drug-likeness (QED) is 0.0859. The number of carboxylic acid groups (broad SMARTS) is 2. The van der Waals surface area contributed by atoms with Gasteiger partial charge in [-0.3, -0.25) is 9.98 Å². The number of aliphatic imine (C=N–C) groups is 2. The fraction of sp³-hybridized carbons (Fsp3) is 0.0417. The summed E-state index contributed by atoms with van der Waals surface area (Å²) in [7, 11) is 3.15. The normalized spacial score (nSPS) is 10.8. The Kier molecular flexibility index (Phi) is 14.3. The molecule has 2 heterocycles. The molecule has 15 heteroatoms. The minimum atomic E-state index is -1.08. The summed E-state index contributed by atoms with van der Waals surface area (Å²) >= 11 is 0. The number of aromatic hydroxyl groups is 2. The van der Waals surface area contributed by atoms with Crippen LogP contribution in [-0.2, 0) is 17.4 Å².